The Morgan fingerprint density at radius 2 is 2.11 bits per heavy atom. The average Bonchev–Trinajstić information content (AvgIpc) is 3.21. The fraction of sp³-hybridized carbons (Fsp3) is 0.400. The number of hydrogen-bond acceptors (Lipinski definition) is 3. The predicted octanol–water partition coefficient (Wildman–Crippen LogP) is 2.92. The van der Waals surface area contributed by atoms with Crippen LogP contribution in [0.3, 0.4) is 0 Å². The minimum absolute atomic E-state index is 0.723. The molecule has 1 aromatic carbocycles. The van der Waals surface area contributed by atoms with Crippen molar-refractivity contribution in [3.8, 4) is 0 Å². The van der Waals surface area contributed by atoms with Gasteiger partial charge in [-0.25, -0.2) is 4.98 Å². The molecule has 0 atom stereocenters. The summed E-state index contributed by atoms with van der Waals surface area (Å²) in [6.45, 7) is 3.87. The smallest absolute Gasteiger partial charge is 0.134 e. The highest BCUT2D eigenvalue weighted by molar-refractivity contribution is 5.92. The fourth-order valence-corrected chi connectivity index (χ4v) is 2.18. The Morgan fingerprint density at radius 3 is 2.89 bits per heavy atom. The van der Waals surface area contributed by atoms with Gasteiger partial charge in [0.05, 0.1) is 5.69 Å². The Morgan fingerprint density at radius 1 is 1.28 bits per heavy atom. The molecule has 0 saturated heterocycles. The van der Waals surface area contributed by atoms with Crippen molar-refractivity contribution in [2.75, 3.05) is 11.9 Å². The number of nitrogens with zero attached hydrogens (tertiary/aromatic N) is 1. The standard InChI is InChI=1S/C15H19N3/c1-2-16-15-14-6-4-3-5-11(14)9-13(18-15)10-17-12-7-8-12/h3-6,9,12,17H,2,7-8,10H2,1H3,(H,16,18). The Bertz CT molecular complexity index is 546. The van der Waals surface area contributed by atoms with Crippen LogP contribution < -0.4 is 10.6 Å². The van der Waals surface area contributed by atoms with Crippen LogP contribution in [0.1, 0.15) is 25.5 Å². The topological polar surface area (TPSA) is 37.0 Å². The van der Waals surface area contributed by atoms with Gasteiger partial charge in [-0.15, -0.1) is 0 Å². The SMILES string of the molecule is CCNc1nc(CNC2CC2)cc2ccccc12. The van der Waals surface area contributed by atoms with Crippen molar-refractivity contribution < 1.29 is 0 Å². The summed E-state index contributed by atoms with van der Waals surface area (Å²) in [7, 11) is 0. The number of hydrogen-bond donors (Lipinski definition) is 2. The maximum Gasteiger partial charge on any atom is 0.134 e. The summed E-state index contributed by atoms with van der Waals surface area (Å²) in [5.41, 5.74) is 1.12. The van der Waals surface area contributed by atoms with Crippen molar-refractivity contribution in [1.82, 2.24) is 10.3 Å². The normalized spacial score (nSPS) is 14.9. The fourth-order valence-electron chi connectivity index (χ4n) is 2.18. The van der Waals surface area contributed by atoms with Gasteiger partial charge in [-0.05, 0) is 31.2 Å². The third-order valence-electron chi connectivity index (χ3n) is 3.29. The molecule has 1 fully saturated rings. The lowest BCUT2D eigenvalue weighted by Crippen LogP contribution is -2.16. The van der Waals surface area contributed by atoms with Gasteiger partial charge in [0, 0.05) is 24.5 Å². The summed E-state index contributed by atoms with van der Waals surface area (Å²) in [6.07, 6.45) is 2.63. The van der Waals surface area contributed by atoms with E-state index >= 15 is 0 Å². The van der Waals surface area contributed by atoms with Gasteiger partial charge < -0.3 is 10.6 Å². The number of nitrogens with one attached hydrogen (secondary N) is 2. The van der Waals surface area contributed by atoms with Crippen molar-refractivity contribution in [2.24, 2.45) is 0 Å². The van der Waals surface area contributed by atoms with Gasteiger partial charge in [0.15, 0.2) is 0 Å². The second-order valence-electron chi connectivity index (χ2n) is 4.87. The summed E-state index contributed by atoms with van der Waals surface area (Å²) >= 11 is 0. The number of rotatable bonds is 5. The first kappa shape index (κ1) is 11.5. The van der Waals surface area contributed by atoms with Crippen molar-refractivity contribution in [3.05, 3.63) is 36.0 Å². The van der Waals surface area contributed by atoms with E-state index in [1.54, 1.807) is 0 Å². The van der Waals surface area contributed by atoms with Crippen LogP contribution in [0.2, 0.25) is 0 Å². The van der Waals surface area contributed by atoms with Gasteiger partial charge in [-0.2, -0.15) is 0 Å². The van der Waals surface area contributed by atoms with E-state index in [1.165, 1.54) is 23.6 Å². The zero-order valence-corrected chi connectivity index (χ0v) is 10.7. The number of pyridine rings is 1. The van der Waals surface area contributed by atoms with Crippen LogP contribution in [0.25, 0.3) is 10.8 Å². The second-order valence-corrected chi connectivity index (χ2v) is 4.87. The summed E-state index contributed by atoms with van der Waals surface area (Å²) < 4.78 is 0. The molecule has 2 aromatic rings. The number of aromatic nitrogens is 1. The van der Waals surface area contributed by atoms with Crippen molar-refractivity contribution in [2.45, 2.75) is 32.4 Å². The van der Waals surface area contributed by atoms with Gasteiger partial charge >= 0.3 is 0 Å². The largest absolute Gasteiger partial charge is 0.370 e. The van der Waals surface area contributed by atoms with E-state index in [0.717, 1.165) is 30.6 Å². The molecule has 3 rings (SSSR count). The van der Waals surface area contributed by atoms with Gasteiger partial charge in [-0.3, -0.25) is 0 Å². The molecule has 18 heavy (non-hydrogen) atoms. The summed E-state index contributed by atoms with van der Waals surface area (Å²) in [5.74, 6) is 1.00. The van der Waals surface area contributed by atoms with Gasteiger partial charge in [0.25, 0.3) is 0 Å². The van der Waals surface area contributed by atoms with E-state index in [4.69, 9.17) is 4.98 Å². The van der Waals surface area contributed by atoms with Crippen LogP contribution in [-0.2, 0) is 6.54 Å². The molecule has 1 aliphatic carbocycles. The third-order valence-corrected chi connectivity index (χ3v) is 3.29. The first-order chi connectivity index (χ1) is 8.86. The van der Waals surface area contributed by atoms with Gasteiger partial charge in [-0.1, -0.05) is 24.3 Å². The monoisotopic (exact) mass is 241 g/mol. The molecular formula is C15H19N3. The Labute approximate surface area is 108 Å². The Balaban J connectivity index is 1.93. The molecule has 2 N–H and O–H groups in total. The minimum atomic E-state index is 0.723. The number of benzene rings is 1. The quantitative estimate of drug-likeness (QED) is 0.845. The highest BCUT2D eigenvalue weighted by atomic mass is 15.0. The maximum atomic E-state index is 4.72. The highest BCUT2D eigenvalue weighted by Gasteiger charge is 2.20. The molecule has 0 bridgehead atoms. The first-order valence-corrected chi connectivity index (χ1v) is 6.72. The highest BCUT2D eigenvalue weighted by Crippen LogP contribution is 2.23. The zero-order valence-electron chi connectivity index (χ0n) is 10.7. The Kier molecular flexibility index (Phi) is 3.15. The van der Waals surface area contributed by atoms with Crippen LogP contribution in [0.5, 0.6) is 0 Å². The lowest BCUT2D eigenvalue weighted by Gasteiger charge is -2.10. The molecule has 1 aliphatic rings. The van der Waals surface area contributed by atoms with E-state index in [1.807, 2.05) is 0 Å². The molecule has 1 saturated carbocycles. The maximum absolute atomic E-state index is 4.72. The van der Waals surface area contributed by atoms with E-state index in [0.29, 0.717) is 0 Å². The molecule has 0 amide bonds. The van der Waals surface area contributed by atoms with Crippen LogP contribution in [0.15, 0.2) is 30.3 Å². The summed E-state index contributed by atoms with van der Waals surface area (Å²) in [6, 6.07) is 11.3. The molecule has 1 aromatic heterocycles. The Hall–Kier alpha value is -1.61. The molecule has 94 valence electrons. The molecular weight excluding hydrogens is 222 g/mol. The van der Waals surface area contributed by atoms with E-state index in [2.05, 4.69) is 47.9 Å². The van der Waals surface area contributed by atoms with Crippen LogP contribution in [0.4, 0.5) is 5.82 Å². The van der Waals surface area contributed by atoms with Crippen molar-refractivity contribution in [1.29, 1.82) is 0 Å². The summed E-state index contributed by atoms with van der Waals surface area (Å²) in [5, 5.41) is 9.34. The molecule has 1 heterocycles. The minimum Gasteiger partial charge on any atom is -0.370 e. The van der Waals surface area contributed by atoms with Crippen molar-refractivity contribution >= 4 is 16.6 Å². The molecule has 3 nitrogen and oxygen atoms in total. The summed E-state index contributed by atoms with van der Waals surface area (Å²) in [4.78, 5) is 4.72. The molecule has 0 radical (unpaired) electrons. The van der Waals surface area contributed by atoms with Crippen molar-refractivity contribution in [3.63, 3.8) is 0 Å². The van der Waals surface area contributed by atoms with Crippen LogP contribution in [-0.4, -0.2) is 17.6 Å². The van der Waals surface area contributed by atoms with Gasteiger partial charge in [0.1, 0.15) is 5.82 Å². The molecule has 3 heteroatoms. The van der Waals surface area contributed by atoms with Gasteiger partial charge in [0.2, 0.25) is 0 Å². The molecule has 0 spiro atoms. The first-order valence-electron chi connectivity index (χ1n) is 6.72. The average molecular weight is 241 g/mol. The lowest BCUT2D eigenvalue weighted by molar-refractivity contribution is 0.676. The zero-order chi connectivity index (χ0) is 12.4. The predicted molar refractivity (Wildman–Crippen MR) is 75.8 cm³/mol. The second kappa shape index (κ2) is 4.94. The molecule has 0 aliphatic heterocycles. The number of fused-ring (bicyclic) bond motifs is 1. The van der Waals surface area contributed by atoms with Crippen LogP contribution in [0, 0.1) is 0 Å². The van der Waals surface area contributed by atoms with E-state index in [9.17, 15) is 0 Å². The molecule has 0 unspecified atom stereocenters. The number of anilines is 1. The third kappa shape index (κ3) is 2.46. The lowest BCUT2D eigenvalue weighted by atomic mass is 10.1. The van der Waals surface area contributed by atoms with E-state index < -0.39 is 0 Å². The van der Waals surface area contributed by atoms with Crippen LogP contribution >= 0.6 is 0 Å². The van der Waals surface area contributed by atoms with E-state index in [-0.39, 0.29) is 0 Å².